The first-order valence-corrected chi connectivity index (χ1v) is 5.48. The maximum Gasteiger partial charge on any atom is 0.407 e. The molecule has 0 radical (unpaired) electrons. The van der Waals surface area contributed by atoms with Crippen molar-refractivity contribution in [3.05, 3.63) is 0 Å². The van der Waals surface area contributed by atoms with Crippen molar-refractivity contribution in [2.75, 3.05) is 53.0 Å². The Bertz CT molecular complexity index is 263. The highest BCUT2D eigenvalue weighted by molar-refractivity contribution is 5.70. The number of esters is 1. The van der Waals surface area contributed by atoms with Crippen LogP contribution in [-0.2, 0) is 14.3 Å². The zero-order valence-electron chi connectivity index (χ0n) is 9.92. The summed E-state index contributed by atoms with van der Waals surface area (Å²) < 4.78 is 9.55. The molecule has 1 rings (SSSR count). The minimum absolute atomic E-state index is 0.0361. The third-order valence-corrected chi connectivity index (χ3v) is 2.64. The van der Waals surface area contributed by atoms with Crippen molar-refractivity contribution in [3.8, 4) is 0 Å². The second-order valence-electron chi connectivity index (χ2n) is 3.74. The Morgan fingerprint density at radius 1 is 1.24 bits per heavy atom. The third-order valence-electron chi connectivity index (χ3n) is 2.64. The molecule has 98 valence electrons. The summed E-state index contributed by atoms with van der Waals surface area (Å²) in [6.07, 6.45) is -0.869. The van der Waals surface area contributed by atoms with Gasteiger partial charge in [-0.25, -0.2) is 9.59 Å². The Hall–Kier alpha value is -1.34. The molecule has 1 amide bonds. The number of piperazine rings is 1. The van der Waals surface area contributed by atoms with Crippen LogP contribution in [0.5, 0.6) is 0 Å². The Kier molecular flexibility index (Phi) is 5.71. The number of methoxy groups -OCH3 is 1. The van der Waals surface area contributed by atoms with Crippen LogP contribution in [0.1, 0.15) is 0 Å². The summed E-state index contributed by atoms with van der Waals surface area (Å²) in [5.74, 6) is -0.388. The molecule has 1 heterocycles. The van der Waals surface area contributed by atoms with Crippen LogP contribution in [0.25, 0.3) is 0 Å². The van der Waals surface area contributed by atoms with E-state index in [4.69, 9.17) is 9.84 Å². The molecule has 17 heavy (non-hydrogen) atoms. The molecule has 0 bridgehead atoms. The molecule has 0 aliphatic carbocycles. The molecule has 0 aromatic heterocycles. The number of rotatable bonds is 5. The predicted molar refractivity (Wildman–Crippen MR) is 58.9 cm³/mol. The minimum Gasteiger partial charge on any atom is -0.467 e. The van der Waals surface area contributed by atoms with E-state index in [-0.39, 0.29) is 12.6 Å². The van der Waals surface area contributed by atoms with Crippen LogP contribution >= 0.6 is 0 Å². The largest absolute Gasteiger partial charge is 0.467 e. The van der Waals surface area contributed by atoms with Crippen LogP contribution < -0.4 is 0 Å². The van der Waals surface area contributed by atoms with Crippen molar-refractivity contribution in [1.29, 1.82) is 0 Å². The van der Waals surface area contributed by atoms with Gasteiger partial charge in [0.2, 0.25) is 0 Å². The topological polar surface area (TPSA) is 79.3 Å². The van der Waals surface area contributed by atoms with Crippen molar-refractivity contribution in [2.24, 2.45) is 0 Å². The summed E-state index contributed by atoms with van der Waals surface area (Å²) in [6.45, 7) is 3.55. The molecule has 0 unspecified atom stereocenters. The first-order chi connectivity index (χ1) is 8.13. The van der Waals surface area contributed by atoms with Crippen molar-refractivity contribution < 1.29 is 24.2 Å². The highest BCUT2D eigenvalue weighted by Gasteiger charge is 2.19. The van der Waals surface area contributed by atoms with Gasteiger partial charge in [-0.05, 0) is 0 Å². The van der Waals surface area contributed by atoms with Gasteiger partial charge < -0.3 is 19.5 Å². The van der Waals surface area contributed by atoms with Crippen LogP contribution in [0, 0.1) is 0 Å². The fourth-order valence-electron chi connectivity index (χ4n) is 1.57. The van der Waals surface area contributed by atoms with Gasteiger partial charge in [-0.2, -0.15) is 0 Å². The van der Waals surface area contributed by atoms with Crippen molar-refractivity contribution in [3.63, 3.8) is 0 Å². The number of carbonyl (C=O) groups excluding carboxylic acids is 1. The SMILES string of the molecule is COC(=O)COCCN1CCN(C(=O)O)CC1. The Morgan fingerprint density at radius 2 is 1.88 bits per heavy atom. The van der Waals surface area contributed by atoms with Gasteiger partial charge in [0.1, 0.15) is 6.61 Å². The smallest absolute Gasteiger partial charge is 0.407 e. The third kappa shape index (κ3) is 5.01. The van der Waals surface area contributed by atoms with Crippen LogP contribution in [-0.4, -0.2) is 80.0 Å². The zero-order valence-corrected chi connectivity index (χ0v) is 9.92. The maximum atomic E-state index is 10.7. The average Bonchev–Trinajstić information content (AvgIpc) is 2.34. The summed E-state index contributed by atoms with van der Waals surface area (Å²) >= 11 is 0. The van der Waals surface area contributed by atoms with Crippen LogP contribution in [0.3, 0.4) is 0 Å². The molecule has 1 aliphatic rings. The average molecular weight is 246 g/mol. The Labute approximate surface area is 99.9 Å². The highest BCUT2D eigenvalue weighted by atomic mass is 16.6. The van der Waals surface area contributed by atoms with Gasteiger partial charge in [0.05, 0.1) is 13.7 Å². The van der Waals surface area contributed by atoms with Crippen molar-refractivity contribution in [2.45, 2.75) is 0 Å². The van der Waals surface area contributed by atoms with Crippen LogP contribution in [0.15, 0.2) is 0 Å². The predicted octanol–water partition coefficient (Wildman–Crippen LogP) is -0.528. The fourth-order valence-corrected chi connectivity index (χ4v) is 1.57. The standard InChI is InChI=1S/C10H18N2O5/c1-16-9(13)8-17-7-6-11-2-4-12(5-3-11)10(14)15/h2-8H2,1H3,(H,14,15). The highest BCUT2D eigenvalue weighted by Crippen LogP contribution is 2.01. The number of hydrogen-bond donors (Lipinski definition) is 1. The molecular weight excluding hydrogens is 228 g/mol. The van der Waals surface area contributed by atoms with E-state index in [2.05, 4.69) is 9.64 Å². The van der Waals surface area contributed by atoms with E-state index in [1.165, 1.54) is 12.0 Å². The lowest BCUT2D eigenvalue weighted by atomic mass is 10.3. The monoisotopic (exact) mass is 246 g/mol. The molecule has 0 atom stereocenters. The zero-order chi connectivity index (χ0) is 12.7. The van der Waals surface area contributed by atoms with Gasteiger partial charge >= 0.3 is 12.1 Å². The van der Waals surface area contributed by atoms with Gasteiger partial charge in [0.25, 0.3) is 0 Å². The lowest BCUT2D eigenvalue weighted by molar-refractivity contribution is -0.146. The molecule has 1 fully saturated rings. The minimum atomic E-state index is -0.869. The molecule has 1 saturated heterocycles. The summed E-state index contributed by atoms with van der Waals surface area (Å²) in [6, 6.07) is 0. The second kappa shape index (κ2) is 7.08. The van der Waals surface area contributed by atoms with E-state index < -0.39 is 6.09 Å². The van der Waals surface area contributed by atoms with Gasteiger partial charge in [-0.3, -0.25) is 4.90 Å². The lowest BCUT2D eigenvalue weighted by Crippen LogP contribution is -2.49. The Morgan fingerprint density at radius 3 is 2.41 bits per heavy atom. The molecular formula is C10H18N2O5. The van der Waals surface area contributed by atoms with Gasteiger partial charge in [0, 0.05) is 32.7 Å². The lowest BCUT2D eigenvalue weighted by Gasteiger charge is -2.32. The summed E-state index contributed by atoms with van der Waals surface area (Å²) in [5, 5.41) is 8.76. The van der Waals surface area contributed by atoms with Gasteiger partial charge in [-0.1, -0.05) is 0 Å². The van der Waals surface area contributed by atoms with Gasteiger partial charge in [-0.15, -0.1) is 0 Å². The molecule has 7 heteroatoms. The molecule has 1 aliphatic heterocycles. The molecule has 0 spiro atoms. The van der Waals surface area contributed by atoms with Crippen LogP contribution in [0.4, 0.5) is 4.79 Å². The number of carbonyl (C=O) groups is 2. The van der Waals surface area contributed by atoms with E-state index in [0.29, 0.717) is 39.3 Å². The van der Waals surface area contributed by atoms with Crippen molar-refractivity contribution in [1.82, 2.24) is 9.80 Å². The number of carboxylic acid groups (broad SMARTS) is 1. The van der Waals surface area contributed by atoms with Crippen molar-refractivity contribution >= 4 is 12.1 Å². The molecule has 0 saturated carbocycles. The number of hydrogen-bond acceptors (Lipinski definition) is 5. The number of ether oxygens (including phenoxy) is 2. The molecule has 0 aromatic carbocycles. The summed E-state index contributed by atoms with van der Waals surface area (Å²) in [4.78, 5) is 24.9. The van der Waals surface area contributed by atoms with E-state index in [0.717, 1.165) is 0 Å². The van der Waals surface area contributed by atoms with Gasteiger partial charge in [0.15, 0.2) is 0 Å². The normalized spacial score (nSPS) is 16.9. The Balaban J connectivity index is 2.06. The molecule has 0 aromatic rings. The van der Waals surface area contributed by atoms with E-state index in [1.807, 2.05) is 0 Å². The number of amides is 1. The van der Waals surface area contributed by atoms with E-state index in [1.54, 1.807) is 0 Å². The first kappa shape index (κ1) is 13.7. The van der Waals surface area contributed by atoms with E-state index >= 15 is 0 Å². The van der Waals surface area contributed by atoms with E-state index in [9.17, 15) is 9.59 Å². The molecule has 1 N–H and O–H groups in total. The molecule has 7 nitrogen and oxygen atoms in total. The summed E-state index contributed by atoms with van der Waals surface area (Å²) in [7, 11) is 1.32. The fraction of sp³-hybridized carbons (Fsp3) is 0.800. The summed E-state index contributed by atoms with van der Waals surface area (Å²) in [5.41, 5.74) is 0. The van der Waals surface area contributed by atoms with Crippen LogP contribution in [0.2, 0.25) is 0 Å². The first-order valence-electron chi connectivity index (χ1n) is 5.48. The maximum absolute atomic E-state index is 10.7. The second-order valence-corrected chi connectivity index (χ2v) is 3.74. The quantitative estimate of drug-likeness (QED) is 0.519. The number of nitrogens with zero attached hydrogens (tertiary/aromatic N) is 2.